The maximum absolute atomic E-state index is 12.5. The summed E-state index contributed by atoms with van der Waals surface area (Å²) in [6, 6.07) is 14.1. The lowest BCUT2D eigenvalue weighted by molar-refractivity contribution is -0.121. The van der Waals surface area contributed by atoms with E-state index in [1.54, 1.807) is 30.3 Å². The van der Waals surface area contributed by atoms with Crippen molar-refractivity contribution in [1.29, 1.82) is 0 Å². The number of alkyl halides is 2. The van der Waals surface area contributed by atoms with E-state index < -0.39 is 11.9 Å². The van der Waals surface area contributed by atoms with Crippen molar-refractivity contribution in [2.45, 2.75) is 18.3 Å². The summed E-state index contributed by atoms with van der Waals surface area (Å²) in [5, 5.41) is 1.98. The zero-order valence-corrected chi connectivity index (χ0v) is 15.3. The molecule has 3 rings (SSSR count). The van der Waals surface area contributed by atoms with E-state index in [1.807, 2.05) is 0 Å². The van der Waals surface area contributed by atoms with Gasteiger partial charge < -0.3 is 10.1 Å². The molecule has 28 heavy (non-hydrogen) atoms. The molecule has 0 radical (unpaired) electrons. The Balaban J connectivity index is 1.52. The van der Waals surface area contributed by atoms with Crippen LogP contribution in [0.15, 0.2) is 54.6 Å². The first kappa shape index (κ1) is 19.8. The number of rotatable bonds is 7. The summed E-state index contributed by atoms with van der Waals surface area (Å²) in [4.78, 5) is 37.9. The van der Waals surface area contributed by atoms with Crippen LogP contribution in [0.5, 0.6) is 5.75 Å². The summed E-state index contributed by atoms with van der Waals surface area (Å²) < 4.78 is 28.5. The molecular weight excluding hydrogens is 390 g/mol. The third kappa shape index (κ3) is 4.86. The van der Waals surface area contributed by atoms with Crippen LogP contribution in [-0.4, -0.2) is 35.3 Å². The molecule has 0 aliphatic carbocycles. The Kier molecular flexibility index (Phi) is 6.25. The Bertz CT molecular complexity index is 862. The first-order valence-corrected chi connectivity index (χ1v) is 9.37. The van der Waals surface area contributed by atoms with Crippen molar-refractivity contribution in [3.05, 3.63) is 54.6 Å². The average Bonchev–Trinajstić information content (AvgIpc) is 2.95. The number of thioether (sulfide) groups is 1. The van der Waals surface area contributed by atoms with E-state index in [0.29, 0.717) is 11.4 Å². The molecule has 3 amide bonds. The van der Waals surface area contributed by atoms with Crippen molar-refractivity contribution in [1.82, 2.24) is 0 Å². The van der Waals surface area contributed by atoms with Crippen LogP contribution in [0.25, 0.3) is 0 Å². The van der Waals surface area contributed by atoms with Crippen LogP contribution in [0.3, 0.4) is 0 Å². The number of amides is 3. The lowest BCUT2D eigenvalue weighted by Gasteiger charge is -2.14. The SMILES string of the molecule is O=C(CS[C@@H]1CC(=O)N(c2ccccc2)C1=O)Nc1ccc(OC(F)F)cc1. The maximum Gasteiger partial charge on any atom is 0.387 e. The van der Waals surface area contributed by atoms with Crippen LogP contribution in [0, 0.1) is 0 Å². The number of carbonyl (C=O) groups excluding carboxylic acids is 3. The molecule has 2 aromatic rings. The van der Waals surface area contributed by atoms with E-state index in [-0.39, 0.29) is 35.6 Å². The minimum atomic E-state index is -2.92. The maximum atomic E-state index is 12.5. The van der Waals surface area contributed by atoms with Gasteiger partial charge in [-0.15, -0.1) is 11.8 Å². The predicted molar refractivity (Wildman–Crippen MR) is 102 cm³/mol. The van der Waals surface area contributed by atoms with E-state index >= 15 is 0 Å². The van der Waals surface area contributed by atoms with Crippen LogP contribution in [-0.2, 0) is 14.4 Å². The fraction of sp³-hybridized carbons (Fsp3) is 0.211. The monoisotopic (exact) mass is 406 g/mol. The second kappa shape index (κ2) is 8.83. The van der Waals surface area contributed by atoms with Crippen LogP contribution in [0.2, 0.25) is 0 Å². The minimum Gasteiger partial charge on any atom is -0.435 e. The molecule has 0 spiro atoms. The van der Waals surface area contributed by atoms with Gasteiger partial charge in [0.2, 0.25) is 17.7 Å². The fourth-order valence-corrected chi connectivity index (χ4v) is 3.61. The molecule has 1 aliphatic rings. The van der Waals surface area contributed by atoms with Gasteiger partial charge in [-0.2, -0.15) is 8.78 Å². The molecule has 0 aromatic heterocycles. The summed E-state index contributed by atoms with van der Waals surface area (Å²) in [6.45, 7) is -2.92. The van der Waals surface area contributed by atoms with E-state index in [2.05, 4.69) is 10.1 Å². The van der Waals surface area contributed by atoms with E-state index in [1.165, 1.54) is 24.3 Å². The number of hydrogen-bond acceptors (Lipinski definition) is 5. The van der Waals surface area contributed by atoms with Gasteiger partial charge in [-0.25, -0.2) is 4.90 Å². The molecule has 146 valence electrons. The van der Waals surface area contributed by atoms with Gasteiger partial charge >= 0.3 is 6.61 Å². The normalized spacial score (nSPS) is 16.5. The Morgan fingerprint density at radius 2 is 1.82 bits per heavy atom. The largest absolute Gasteiger partial charge is 0.435 e. The third-order valence-electron chi connectivity index (χ3n) is 3.90. The summed E-state index contributed by atoms with van der Waals surface area (Å²) in [5.74, 6) is -1.06. The minimum absolute atomic E-state index is 0.0153. The highest BCUT2D eigenvalue weighted by atomic mass is 32.2. The van der Waals surface area contributed by atoms with Crippen molar-refractivity contribution >= 4 is 40.9 Å². The van der Waals surface area contributed by atoms with Crippen molar-refractivity contribution in [2.75, 3.05) is 16.0 Å². The van der Waals surface area contributed by atoms with Crippen LogP contribution >= 0.6 is 11.8 Å². The van der Waals surface area contributed by atoms with E-state index in [0.717, 1.165) is 16.7 Å². The topological polar surface area (TPSA) is 75.7 Å². The molecule has 0 saturated carbocycles. The standard InChI is InChI=1S/C19H16F2N2O4S/c20-19(21)27-14-8-6-12(7-9-14)22-16(24)11-28-15-10-17(25)23(18(15)26)13-4-2-1-3-5-13/h1-9,15,19H,10-11H2,(H,22,24)/t15-/m1/s1. The number of benzene rings is 2. The first-order chi connectivity index (χ1) is 13.4. The number of nitrogens with one attached hydrogen (secondary N) is 1. The summed E-state index contributed by atoms with van der Waals surface area (Å²) >= 11 is 1.09. The molecule has 0 unspecified atom stereocenters. The molecule has 1 saturated heterocycles. The number of ether oxygens (including phenoxy) is 1. The lowest BCUT2D eigenvalue weighted by Crippen LogP contribution is -2.31. The van der Waals surface area contributed by atoms with Crippen LogP contribution in [0.1, 0.15) is 6.42 Å². The van der Waals surface area contributed by atoms with Crippen molar-refractivity contribution in [2.24, 2.45) is 0 Å². The van der Waals surface area contributed by atoms with Gasteiger partial charge in [0.15, 0.2) is 0 Å². The molecule has 1 N–H and O–H groups in total. The van der Waals surface area contributed by atoms with Gasteiger partial charge in [0.1, 0.15) is 5.75 Å². The van der Waals surface area contributed by atoms with Crippen molar-refractivity contribution in [3.63, 3.8) is 0 Å². The zero-order chi connectivity index (χ0) is 20.1. The fourth-order valence-electron chi connectivity index (χ4n) is 2.68. The summed E-state index contributed by atoms with van der Waals surface area (Å²) in [6.07, 6.45) is 0.0331. The molecular formula is C19H16F2N2O4S. The van der Waals surface area contributed by atoms with Gasteiger partial charge in [0.05, 0.1) is 16.7 Å². The third-order valence-corrected chi connectivity index (χ3v) is 5.10. The Morgan fingerprint density at radius 1 is 1.14 bits per heavy atom. The van der Waals surface area contributed by atoms with Crippen molar-refractivity contribution in [3.8, 4) is 5.75 Å². The number of nitrogens with zero attached hydrogens (tertiary/aromatic N) is 1. The number of hydrogen-bond donors (Lipinski definition) is 1. The number of anilines is 2. The molecule has 1 fully saturated rings. The first-order valence-electron chi connectivity index (χ1n) is 8.32. The smallest absolute Gasteiger partial charge is 0.387 e. The molecule has 2 aromatic carbocycles. The second-order valence-corrected chi connectivity index (χ2v) is 7.05. The van der Waals surface area contributed by atoms with Gasteiger partial charge in [-0.3, -0.25) is 14.4 Å². The van der Waals surface area contributed by atoms with Crippen molar-refractivity contribution < 1.29 is 27.9 Å². The number of imide groups is 1. The number of halogens is 2. The summed E-state index contributed by atoms with van der Waals surface area (Å²) in [7, 11) is 0. The highest BCUT2D eigenvalue weighted by Gasteiger charge is 2.39. The zero-order valence-electron chi connectivity index (χ0n) is 14.5. The van der Waals surface area contributed by atoms with Gasteiger partial charge in [-0.1, -0.05) is 18.2 Å². The van der Waals surface area contributed by atoms with E-state index in [9.17, 15) is 23.2 Å². The molecule has 6 nitrogen and oxygen atoms in total. The number of carbonyl (C=O) groups is 3. The highest BCUT2D eigenvalue weighted by Crippen LogP contribution is 2.29. The quantitative estimate of drug-likeness (QED) is 0.714. The Morgan fingerprint density at radius 3 is 2.46 bits per heavy atom. The number of para-hydroxylation sites is 1. The van der Waals surface area contributed by atoms with Gasteiger partial charge in [0, 0.05) is 12.1 Å². The molecule has 0 bridgehead atoms. The highest BCUT2D eigenvalue weighted by molar-refractivity contribution is 8.01. The molecule has 9 heteroatoms. The molecule has 1 heterocycles. The van der Waals surface area contributed by atoms with Crippen LogP contribution < -0.4 is 15.0 Å². The average molecular weight is 406 g/mol. The summed E-state index contributed by atoms with van der Waals surface area (Å²) in [5.41, 5.74) is 0.920. The van der Waals surface area contributed by atoms with Gasteiger partial charge in [-0.05, 0) is 36.4 Å². The van der Waals surface area contributed by atoms with Gasteiger partial charge in [0.25, 0.3) is 0 Å². The second-order valence-electron chi connectivity index (χ2n) is 5.86. The molecule has 1 atom stereocenters. The molecule has 1 aliphatic heterocycles. The van der Waals surface area contributed by atoms with Crippen LogP contribution in [0.4, 0.5) is 20.2 Å². The lowest BCUT2D eigenvalue weighted by atomic mass is 10.3. The Labute approximate surface area is 163 Å². The van der Waals surface area contributed by atoms with E-state index in [4.69, 9.17) is 0 Å². The predicted octanol–water partition coefficient (Wildman–Crippen LogP) is 3.29. The Hall–Kier alpha value is -2.94.